The first-order valence-electron chi connectivity index (χ1n) is 6.04. The third-order valence-electron chi connectivity index (χ3n) is 2.54. The number of benzene rings is 1. The average Bonchev–Trinajstić information content (AvgIpc) is 2.41. The van der Waals surface area contributed by atoms with Crippen LogP contribution in [0.3, 0.4) is 0 Å². The van der Waals surface area contributed by atoms with Crippen LogP contribution >= 0.6 is 11.6 Å². The molecule has 0 atom stereocenters. The van der Waals surface area contributed by atoms with Crippen LogP contribution in [0.1, 0.15) is 29.8 Å². The Morgan fingerprint density at radius 3 is 2.42 bits per heavy atom. The number of halogens is 1. The summed E-state index contributed by atoms with van der Waals surface area (Å²) in [5, 5.41) is 9.41. The zero-order chi connectivity index (χ0) is 14.4. The van der Waals surface area contributed by atoms with Gasteiger partial charge in [-0.2, -0.15) is 0 Å². The standard InChI is InChI=1S/C13H10ClNO2.C2H6/c1-8-4-2-3-5-9(8)10-6-12(14)15-7-11(10)13(16)17;1-2/h2-7H,1H3,(H,16,17);1-2H3. The summed E-state index contributed by atoms with van der Waals surface area (Å²) in [7, 11) is 0. The number of nitrogens with zero attached hydrogens (tertiary/aromatic N) is 1. The Morgan fingerprint density at radius 1 is 1.21 bits per heavy atom. The zero-order valence-electron chi connectivity index (χ0n) is 11.1. The van der Waals surface area contributed by atoms with Gasteiger partial charge in [0, 0.05) is 11.8 Å². The molecule has 2 rings (SSSR count). The fourth-order valence-electron chi connectivity index (χ4n) is 1.70. The molecule has 0 spiro atoms. The molecule has 0 bridgehead atoms. The van der Waals surface area contributed by atoms with Crippen LogP contribution < -0.4 is 0 Å². The number of pyridine rings is 1. The van der Waals surface area contributed by atoms with Crippen molar-refractivity contribution in [2.45, 2.75) is 20.8 Å². The highest BCUT2D eigenvalue weighted by molar-refractivity contribution is 6.29. The lowest BCUT2D eigenvalue weighted by molar-refractivity contribution is 0.0697. The van der Waals surface area contributed by atoms with Gasteiger partial charge in [-0.15, -0.1) is 0 Å². The largest absolute Gasteiger partial charge is 0.478 e. The normalized spacial score (nSPS) is 9.47. The van der Waals surface area contributed by atoms with Crippen molar-refractivity contribution in [1.29, 1.82) is 0 Å². The third-order valence-corrected chi connectivity index (χ3v) is 2.74. The lowest BCUT2D eigenvalue weighted by Gasteiger charge is -2.09. The van der Waals surface area contributed by atoms with E-state index in [1.54, 1.807) is 6.07 Å². The molecule has 19 heavy (non-hydrogen) atoms. The number of hydrogen-bond donors (Lipinski definition) is 1. The van der Waals surface area contributed by atoms with E-state index in [4.69, 9.17) is 16.7 Å². The highest BCUT2D eigenvalue weighted by Crippen LogP contribution is 2.28. The Bertz CT molecular complexity index is 582. The maximum atomic E-state index is 11.1. The van der Waals surface area contributed by atoms with E-state index < -0.39 is 5.97 Å². The summed E-state index contributed by atoms with van der Waals surface area (Å²) < 4.78 is 0. The van der Waals surface area contributed by atoms with Gasteiger partial charge in [0.25, 0.3) is 0 Å². The second-order valence-electron chi connectivity index (χ2n) is 3.67. The summed E-state index contributed by atoms with van der Waals surface area (Å²) in [6.07, 6.45) is 1.28. The van der Waals surface area contributed by atoms with Crippen molar-refractivity contribution >= 4 is 17.6 Å². The molecular weight excluding hydrogens is 262 g/mol. The van der Waals surface area contributed by atoms with E-state index in [2.05, 4.69) is 4.98 Å². The van der Waals surface area contributed by atoms with Crippen molar-refractivity contribution in [2.24, 2.45) is 0 Å². The molecule has 0 saturated carbocycles. The molecule has 0 aliphatic heterocycles. The molecule has 4 heteroatoms. The molecule has 3 nitrogen and oxygen atoms in total. The highest BCUT2D eigenvalue weighted by Gasteiger charge is 2.14. The second-order valence-corrected chi connectivity index (χ2v) is 4.06. The Hall–Kier alpha value is -1.87. The lowest BCUT2D eigenvalue weighted by atomic mass is 9.98. The number of rotatable bonds is 2. The van der Waals surface area contributed by atoms with Gasteiger partial charge < -0.3 is 5.11 Å². The monoisotopic (exact) mass is 277 g/mol. The Balaban J connectivity index is 0.000000861. The predicted octanol–water partition coefficient (Wildman–Crippen LogP) is 4.43. The van der Waals surface area contributed by atoms with Gasteiger partial charge in [0.2, 0.25) is 0 Å². The quantitative estimate of drug-likeness (QED) is 0.826. The van der Waals surface area contributed by atoms with Crippen molar-refractivity contribution < 1.29 is 9.90 Å². The number of aromatic carboxylic acids is 1. The maximum absolute atomic E-state index is 11.1. The molecule has 1 N–H and O–H groups in total. The minimum Gasteiger partial charge on any atom is -0.478 e. The van der Waals surface area contributed by atoms with Gasteiger partial charge in [0.05, 0.1) is 5.56 Å². The first-order chi connectivity index (χ1) is 9.09. The van der Waals surface area contributed by atoms with E-state index in [1.807, 2.05) is 45.0 Å². The van der Waals surface area contributed by atoms with Gasteiger partial charge in [-0.3, -0.25) is 0 Å². The fraction of sp³-hybridized carbons (Fsp3) is 0.200. The highest BCUT2D eigenvalue weighted by atomic mass is 35.5. The van der Waals surface area contributed by atoms with Crippen LogP contribution in [0, 0.1) is 6.92 Å². The Morgan fingerprint density at radius 2 is 1.84 bits per heavy atom. The third kappa shape index (κ3) is 3.55. The summed E-state index contributed by atoms with van der Waals surface area (Å²) in [5.41, 5.74) is 2.60. The van der Waals surface area contributed by atoms with Crippen LogP contribution in [0.4, 0.5) is 0 Å². The summed E-state index contributed by atoms with van der Waals surface area (Å²) in [6.45, 7) is 5.93. The van der Waals surface area contributed by atoms with Gasteiger partial charge in [0.15, 0.2) is 0 Å². The molecule has 0 fully saturated rings. The van der Waals surface area contributed by atoms with Gasteiger partial charge in [-0.25, -0.2) is 9.78 Å². The fourth-order valence-corrected chi connectivity index (χ4v) is 1.86. The minimum absolute atomic E-state index is 0.156. The number of carboxylic acid groups (broad SMARTS) is 1. The van der Waals surface area contributed by atoms with Gasteiger partial charge in [-0.1, -0.05) is 49.7 Å². The number of hydrogen-bond acceptors (Lipinski definition) is 2. The molecule has 0 aliphatic carbocycles. The predicted molar refractivity (Wildman–Crippen MR) is 77.7 cm³/mol. The molecule has 0 saturated heterocycles. The molecule has 0 radical (unpaired) electrons. The van der Waals surface area contributed by atoms with Crippen LogP contribution in [0.25, 0.3) is 11.1 Å². The SMILES string of the molecule is CC.Cc1ccccc1-c1cc(Cl)ncc1C(=O)O. The van der Waals surface area contributed by atoms with Crippen LogP contribution in [0.15, 0.2) is 36.5 Å². The number of carbonyl (C=O) groups is 1. The molecule has 0 aliphatic rings. The van der Waals surface area contributed by atoms with Crippen molar-refractivity contribution in [2.75, 3.05) is 0 Å². The van der Waals surface area contributed by atoms with Gasteiger partial charge in [0.1, 0.15) is 5.15 Å². The Kier molecular flexibility index (Phi) is 5.52. The van der Waals surface area contributed by atoms with E-state index in [1.165, 1.54) is 6.20 Å². The summed E-state index contributed by atoms with van der Waals surface area (Å²) in [5.74, 6) is -1.01. The van der Waals surface area contributed by atoms with Crippen LogP contribution in [0.5, 0.6) is 0 Å². The number of aryl methyl sites for hydroxylation is 1. The molecule has 100 valence electrons. The van der Waals surface area contributed by atoms with Crippen LogP contribution in [-0.4, -0.2) is 16.1 Å². The van der Waals surface area contributed by atoms with Gasteiger partial charge >= 0.3 is 5.97 Å². The van der Waals surface area contributed by atoms with E-state index >= 15 is 0 Å². The van der Waals surface area contributed by atoms with E-state index in [0.717, 1.165) is 11.1 Å². The molecular formula is C15H16ClNO2. The van der Waals surface area contributed by atoms with Crippen molar-refractivity contribution in [3.63, 3.8) is 0 Å². The minimum atomic E-state index is -1.01. The molecule has 1 heterocycles. The Labute approximate surface area is 117 Å². The van der Waals surface area contributed by atoms with Crippen LogP contribution in [0.2, 0.25) is 5.15 Å². The van der Waals surface area contributed by atoms with E-state index in [-0.39, 0.29) is 10.7 Å². The van der Waals surface area contributed by atoms with Gasteiger partial charge in [-0.05, 0) is 24.1 Å². The molecule has 2 aromatic rings. The summed E-state index contributed by atoms with van der Waals surface area (Å²) in [4.78, 5) is 14.9. The first-order valence-corrected chi connectivity index (χ1v) is 6.42. The summed E-state index contributed by atoms with van der Waals surface area (Å²) >= 11 is 5.82. The lowest BCUT2D eigenvalue weighted by Crippen LogP contribution is -2.01. The maximum Gasteiger partial charge on any atom is 0.337 e. The molecule has 1 aromatic carbocycles. The number of aromatic nitrogens is 1. The topological polar surface area (TPSA) is 50.2 Å². The molecule has 0 amide bonds. The van der Waals surface area contributed by atoms with E-state index in [0.29, 0.717) is 5.56 Å². The molecule has 1 aromatic heterocycles. The van der Waals surface area contributed by atoms with Crippen molar-refractivity contribution in [3.05, 3.63) is 52.8 Å². The second kappa shape index (κ2) is 6.90. The smallest absolute Gasteiger partial charge is 0.337 e. The van der Waals surface area contributed by atoms with Crippen LogP contribution in [-0.2, 0) is 0 Å². The molecule has 0 unspecified atom stereocenters. The van der Waals surface area contributed by atoms with Crippen molar-refractivity contribution in [3.8, 4) is 11.1 Å². The summed E-state index contributed by atoms with van der Waals surface area (Å²) in [6, 6.07) is 9.14. The number of carboxylic acids is 1. The average molecular weight is 278 g/mol. The zero-order valence-corrected chi connectivity index (χ0v) is 11.9. The first kappa shape index (κ1) is 15.2. The van der Waals surface area contributed by atoms with E-state index in [9.17, 15) is 4.79 Å². The van der Waals surface area contributed by atoms with Crippen molar-refractivity contribution in [1.82, 2.24) is 4.98 Å².